The molecule has 0 saturated heterocycles. The van der Waals surface area contributed by atoms with E-state index in [0.717, 1.165) is 11.1 Å². The number of hydrogen-bond acceptors (Lipinski definition) is 2. The van der Waals surface area contributed by atoms with E-state index >= 15 is 0 Å². The second kappa shape index (κ2) is 4.38. The molecule has 2 nitrogen and oxygen atoms in total. The summed E-state index contributed by atoms with van der Waals surface area (Å²) in [4.78, 5) is 0. The van der Waals surface area contributed by atoms with E-state index in [1.54, 1.807) is 6.26 Å². The maximum Gasteiger partial charge on any atom is 0.0482 e. The number of nitrogens with two attached hydrogens (primary N) is 1. The van der Waals surface area contributed by atoms with Gasteiger partial charge >= 0.3 is 0 Å². The van der Waals surface area contributed by atoms with Crippen LogP contribution in [0.1, 0.15) is 11.1 Å². The van der Waals surface area contributed by atoms with Gasteiger partial charge < -0.3 is 5.73 Å². The molecule has 3 heteroatoms. The molecule has 0 bridgehead atoms. The Morgan fingerprint density at radius 3 is 2.67 bits per heavy atom. The lowest BCUT2D eigenvalue weighted by molar-refractivity contribution is 0.686. The molecule has 0 amide bonds. The average molecular weight is 183 g/mol. The minimum atomic E-state index is -0.768. The van der Waals surface area contributed by atoms with Crippen molar-refractivity contribution >= 4 is 10.8 Å². The third kappa shape index (κ3) is 2.75. The molecule has 12 heavy (non-hydrogen) atoms. The Morgan fingerprint density at radius 1 is 1.42 bits per heavy atom. The van der Waals surface area contributed by atoms with Crippen LogP contribution >= 0.6 is 0 Å². The second-order valence-corrected chi connectivity index (χ2v) is 4.18. The average Bonchev–Trinajstić information content (AvgIpc) is 2.03. The van der Waals surface area contributed by atoms with Gasteiger partial charge in [0.15, 0.2) is 0 Å². The van der Waals surface area contributed by atoms with Crippen molar-refractivity contribution in [1.29, 1.82) is 0 Å². The summed E-state index contributed by atoms with van der Waals surface area (Å²) < 4.78 is 10.9. The summed E-state index contributed by atoms with van der Waals surface area (Å²) in [6, 6.07) is 7.90. The minimum absolute atomic E-state index is 0.546. The van der Waals surface area contributed by atoms with Crippen LogP contribution in [0.15, 0.2) is 24.3 Å². The Morgan fingerprint density at radius 2 is 2.08 bits per heavy atom. The molecule has 0 spiro atoms. The van der Waals surface area contributed by atoms with Gasteiger partial charge in [0.1, 0.15) is 0 Å². The monoisotopic (exact) mass is 183 g/mol. The highest BCUT2D eigenvalue weighted by Crippen LogP contribution is 2.06. The van der Waals surface area contributed by atoms with Crippen LogP contribution in [-0.4, -0.2) is 10.5 Å². The zero-order valence-electron chi connectivity index (χ0n) is 7.12. The topological polar surface area (TPSA) is 43.1 Å². The van der Waals surface area contributed by atoms with Crippen LogP contribution < -0.4 is 5.73 Å². The maximum atomic E-state index is 10.9. The van der Waals surface area contributed by atoms with Crippen LogP contribution in [-0.2, 0) is 23.1 Å². The molecule has 1 rings (SSSR count). The highest BCUT2D eigenvalue weighted by molar-refractivity contribution is 7.83. The minimum Gasteiger partial charge on any atom is -0.326 e. The first-order valence-corrected chi connectivity index (χ1v) is 5.53. The molecule has 1 aromatic carbocycles. The molecule has 0 radical (unpaired) electrons. The fourth-order valence-electron chi connectivity index (χ4n) is 1.08. The van der Waals surface area contributed by atoms with Gasteiger partial charge in [-0.15, -0.1) is 0 Å². The first-order valence-electron chi connectivity index (χ1n) is 3.80. The fraction of sp³-hybridized carbons (Fsp3) is 0.333. The summed E-state index contributed by atoms with van der Waals surface area (Å²) in [6.07, 6.45) is 1.70. The van der Waals surface area contributed by atoms with E-state index in [0.29, 0.717) is 12.3 Å². The summed E-state index contributed by atoms with van der Waals surface area (Å²) in [6.45, 7) is 0.546. The lowest BCUT2D eigenvalue weighted by atomic mass is 10.1. The quantitative estimate of drug-likeness (QED) is 0.760. The summed E-state index contributed by atoms with van der Waals surface area (Å²) in [5.74, 6) is 0.619. The number of rotatable bonds is 3. The van der Waals surface area contributed by atoms with Crippen molar-refractivity contribution in [2.75, 3.05) is 6.26 Å². The number of hydrogen-bond donors (Lipinski definition) is 1. The van der Waals surface area contributed by atoms with Gasteiger partial charge in [0, 0.05) is 29.4 Å². The molecule has 1 unspecified atom stereocenters. The highest BCUT2D eigenvalue weighted by Gasteiger charge is 1.96. The molecule has 0 saturated carbocycles. The van der Waals surface area contributed by atoms with Crippen molar-refractivity contribution in [2.45, 2.75) is 12.3 Å². The normalized spacial score (nSPS) is 12.8. The molecule has 0 heterocycles. The molecule has 0 aliphatic heterocycles. The Hall–Kier alpha value is -0.670. The highest BCUT2D eigenvalue weighted by atomic mass is 32.2. The summed E-state index contributed by atoms with van der Waals surface area (Å²) in [7, 11) is -0.768. The van der Waals surface area contributed by atoms with E-state index in [2.05, 4.69) is 0 Å². The molecule has 0 aliphatic carbocycles. The van der Waals surface area contributed by atoms with Crippen molar-refractivity contribution in [2.24, 2.45) is 5.73 Å². The zero-order chi connectivity index (χ0) is 8.97. The fourth-order valence-corrected chi connectivity index (χ4v) is 1.73. The lowest BCUT2D eigenvalue weighted by Gasteiger charge is -2.00. The SMILES string of the molecule is CS(=O)Cc1cccc(CN)c1. The Balaban J connectivity index is 2.79. The van der Waals surface area contributed by atoms with Crippen LogP contribution in [0.5, 0.6) is 0 Å². The third-order valence-electron chi connectivity index (χ3n) is 1.60. The predicted molar refractivity (Wildman–Crippen MR) is 52.1 cm³/mol. The van der Waals surface area contributed by atoms with E-state index in [9.17, 15) is 4.21 Å². The van der Waals surface area contributed by atoms with Gasteiger partial charge in [0.05, 0.1) is 0 Å². The first kappa shape index (κ1) is 9.42. The van der Waals surface area contributed by atoms with E-state index in [-0.39, 0.29) is 0 Å². The van der Waals surface area contributed by atoms with E-state index in [4.69, 9.17) is 5.73 Å². The van der Waals surface area contributed by atoms with Crippen molar-refractivity contribution in [3.8, 4) is 0 Å². The summed E-state index contributed by atoms with van der Waals surface area (Å²) in [5, 5.41) is 0. The van der Waals surface area contributed by atoms with E-state index in [1.807, 2.05) is 24.3 Å². The lowest BCUT2D eigenvalue weighted by Crippen LogP contribution is -1.98. The van der Waals surface area contributed by atoms with Crippen molar-refractivity contribution in [3.05, 3.63) is 35.4 Å². The van der Waals surface area contributed by atoms with Gasteiger partial charge in [0.2, 0.25) is 0 Å². The molecular weight excluding hydrogens is 170 g/mol. The largest absolute Gasteiger partial charge is 0.326 e. The Labute approximate surface area is 75.2 Å². The summed E-state index contributed by atoms with van der Waals surface area (Å²) in [5.41, 5.74) is 7.67. The number of benzene rings is 1. The van der Waals surface area contributed by atoms with Gasteiger partial charge in [-0.2, -0.15) is 0 Å². The smallest absolute Gasteiger partial charge is 0.0482 e. The van der Waals surface area contributed by atoms with Gasteiger partial charge in [-0.25, -0.2) is 0 Å². The van der Waals surface area contributed by atoms with Crippen LogP contribution in [0, 0.1) is 0 Å². The molecular formula is C9H13NOS. The van der Waals surface area contributed by atoms with Gasteiger partial charge in [-0.1, -0.05) is 24.3 Å². The Bertz CT molecular complexity index is 286. The molecule has 1 atom stereocenters. The molecule has 66 valence electrons. The van der Waals surface area contributed by atoms with E-state index in [1.165, 1.54) is 0 Å². The van der Waals surface area contributed by atoms with Gasteiger partial charge in [0.25, 0.3) is 0 Å². The molecule has 0 aromatic heterocycles. The molecule has 2 N–H and O–H groups in total. The van der Waals surface area contributed by atoms with E-state index < -0.39 is 10.8 Å². The zero-order valence-corrected chi connectivity index (χ0v) is 7.93. The first-order chi connectivity index (χ1) is 5.72. The standard InChI is InChI=1S/C9H13NOS/c1-12(11)7-9-4-2-3-8(5-9)6-10/h2-5H,6-7,10H2,1H3. The predicted octanol–water partition coefficient (Wildman–Crippen LogP) is 1.02. The van der Waals surface area contributed by atoms with Crippen LogP contribution in [0.2, 0.25) is 0 Å². The van der Waals surface area contributed by atoms with Crippen LogP contribution in [0.25, 0.3) is 0 Å². The van der Waals surface area contributed by atoms with Crippen molar-refractivity contribution < 1.29 is 4.21 Å². The molecule has 0 aliphatic rings. The van der Waals surface area contributed by atoms with Crippen molar-refractivity contribution in [1.82, 2.24) is 0 Å². The van der Waals surface area contributed by atoms with Gasteiger partial charge in [-0.05, 0) is 11.1 Å². The summed E-state index contributed by atoms with van der Waals surface area (Å²) >= 11 is 0. The third-order valence-corrected chi connectivity index (χ3v) is 2.34. The Kier molecular flexibility index (Phi) is 3.44. The molecule has 0 fully saturated rings. The van der Waals surface area contributed by atoms with Crippen LogP contribution in [0.3, 0.4) is 0 Å². The van der Waals surface area contributed by atoms with Crippen LogP contribution in [0.4, 0.5) is 0 Å². The van der Waals surface area contributed by atoms with Crippen molar-refractivity contribution in [3.63, 3.8) is 0 Å². The maximum absolute atomic E-state index is 10.9. The second-order valence-electron chi connectivity index (χ2n) is 2.74. The van der Waals surface area contributed by atoms with Gasteiger partial charge in [-0.3, -0.25) is 4.21 Å². The molecule has 1 aromatic rings.